The first-order chi connectivity index (χ1) is 8.54. The minimum absolute atomic E-state index is 0.0210. The van der Waals surface area contributed by atoms with Gasteiger partial charge >= 0.3 is 0 Å². The first kappa shape index (κ1) is 13.2. The number of amides is 1. The molecule has 1 aromatic heterocycles. The molecule has 0 radical (unpaired) electrons. The van der Waals surface area contributed by atoms with Gasteiger partial charge in [-0.3, -0.25) is 9.59 Å². The standard InChI is InChI=1S/C13H18N2O2S/c1-4-15-9(2)7-11(10(15)3)12(16)8-14-5-6-18-13(14)17/h7H,4-6,8H2,1-3H3. The summed E-state index contributed by atoms with van der Waals surface area (Å²) in [5.74, 6) is 0.832. The smallest absolute Gasteiger partial charge is 0.282 e. The Hall–Kier alpha value is -1.23. The number of aryl methyl sites for hydroxylation is 1. The van der Waals surface area contributed by atoms with Crippen molar-refractivity contribution in [3.8, 4) is 0 Å². The molecule has 1 saturated heterocycles. The third-order valence-electron chi connectivity index (χ3n) is 3.37. The second-order valence-corrected chi connectivity index (χ2v) is 5.53. The van der Waals surface area contributed by atoms with E-state index in [9.17, 15) is 9.59 Å². The molecule has 0 unspecified atom stereocenters. The summed E-state index contributed by atoms with van der Waals surface area (Å²) in [7, 11) is 0. The Kier molecular flexibility index (Phi) is 3.80. The molecule has 0 spiro atoms. The first-order valence-electron chi connectivity index (χ1n) is 6.16. The van der Waals surface area contributed by atoms with Crippen LogP contribution >= 0.6 is 11.8 Å². The molecule has 0 N–H and O–H groups in total. The molecule has 0 atom stereocenters. The molecule has 0 bridgehead atoms. The fraction of sp³-hybridized carbons (Fsp3) is 0.538. The first-order valence-corrected chi connectivity index (χ1v) is 7.14. The zero-order chi connectivity index (χ0) is 13.3. The van der Waals surface area contributed by atoms with Gasteiger partial charge in [0.15, 0.2) is 5.78 Å². The number of aromatic nitrogens is 1. The summed E-state index contributed by atoms with van der Waals surface area (Å²) in [6.07, 6.45) is 0. The van der Waals surface area contributed by atoms with Crippen molar-refractivity contribution in [3.63, 3.8) is 0 Å². The van der Waals surface area contributed by atoms with E-state index in [-0.39, 0.29) is 17.6 Å². The van der Waals surface area contributed by atoms with Gasteiger partial charge in [0.2, 0.25) is 0 Å². The minimum Gasteiger partial charge on any atom is -0.349 e. The number of carbonyl (C=O) groups is 2. The highest BCUT2D eigenvalue weighted by Gasteiger charge is 2.25. The van der Waals surface area contributed by atoms with Gasteiger partial charge in [0, 0.05) is 35.8 Å². The third-order valence-corrected chi connectivity index (χ3v) is 4.26. The number of carbonyl (C=O) groups excluding carboxylic acids is 2. The highest BCUT2D eigenvalue weighted by Crippen LogP contribution is 2.20. The van der Waals surface area contributed by atoms with Crippen LogP contribution in [0.3, 0.4) is 0 Å². The van der Waals surface area contributed by atoms with Crippen molar-refractivity contribution in [2.45, 2.75) is 27.3 Å². The second-order valence-electron chi connectivity index (χ2n) is 4.49. The van der Waals surface area contributed by atoms with Crippen molar-refractivity contribution in [3.05, 3.63) is 23.0 Å². The van der Waals surface area contributed by atoms with Gasteiger partial charge in [0.05, 0.1) is 6.54 Å². The van der Waals surface area contributed by atoms with Gasteiger partial charge in [0.1, 0.15) is 0 Å². The quantitative estimate of drug-likeness (QED) is 0.786. The van der Waals surface area contributed by atoms with Gasteiger partial charge in [-0.05, 0) is 26.8 Å². The van der Waals surface area contributed by atoms with Crippen molar-refractivity contribution >= 4 is 22.8 Å². The Labute approximate surface area is 111 Å². The van der Waals surface area contributed by atoms with E-state index in [1.165, 1.54) is 11.8 Å². The summed E-state index contributed by atoms with van der Waals surface area (Å²) in [5.41, 5.74) is 2.85. The van der Waals surface area contributed by atoms with Gasteiger partial charge in [-0.1, -0.05) is 11.8 Å². The lowest BCUT2D eigenvalue weighted by Crippen LogP contribution is -2.30. The minimum atomic E-state index is 0.0210. The normalized spacial score (nSPS) is 15.5. The lowest BCUT2D eigenvalue weighted by molar-refractivity contribution is 0.0955. The Balaban J connectivity index is 2.16. The summed E-state index contributed by atoms with van der Waals surface area (Å²) in [5, 5.41) is 0.0210. The van der Waals surface area contributed by atoms with E-state index in [2.05, 4.69) is 11.5 Å². The molecule has 0 aromatic carbocycles. The molecule has 1 aliphatic rings. The van der Waals surface area contributed by atoms with Gasteiger partial charge in [-0.25, -0.2) is 0 Å². The van der Waals surface area contributed by atoms with E-state index in [4.69, 9.17) is 0 Å². The summed E-state index contributed by atoms with van der Waals surface area (Å²) in [6, 6.07) is 1.93. The van der Waals surface area contributed by atoms with Crippen molar-refractivity contribution in [2.24, 2.45) is 0 Å². The van der Waals surface area contributed by atoms with Crippen LogP contribution in [0, 0.1) is 13.8 Å². The fourth-order valence-corrected chi connectivity index (χ4v) is 3.22. The van der Waals surface area contributed by atoms with Gasteiger partial charge < -0.3 is 9.47 Å². The third kappa shape index (κ3) is 2.32. The lowest BCUT2D eigenvalue weighted by Gasteiger charge is -2.13. The van der Waals surface area contributed by atoms with Gasteiger partial charge in [-0.2, -0.15) is 0 Å². The van der Waals surface area contributed by atoms with Gasteiger partial charge in [0.25, 0.3) is 5.24 Å². The van der Waals surface area contributed by atoms with E-state index < -0.39 is 0 Å². The number of ketones is 1. The lowest BCUT2D eigenvalue weighted by atomic mass is 10.1. The number of nitrogens with zero attached hydrogens (tertiary/aromatic N) is 2. The number of hydrogen-bond donors (Lipinski definition) is 0. The van der Waals surface area contributed by atoms with E-state index in [1.54, 1.807) is 4.90 Å². The van der Waals surface area contributed by atoms with E-state index in [0.717, 1.165) is 29.2 Å². The van der Waals surface area contributed by atoms with Crippen LogP contribution in [0.25, 0.3) is 0 Å². The number of thioether (sulfide) groups is 1. The van der Waals surface area contributed by atoms with Crippen LogP contribution in [0.2, 0.25) is 0 Å². The van der Waals surface area contributed by atoms with Crippen molar-refractivity contribution in [2.75, 3.05) is 18.8 Å². The predicted octanol–water partition coefficient (Wildman–Crippen LogP) is 2.48. The highest BCUT2D eigenvalue weighted by molar-refractivity contribution is 8.13. The average molecular weight is 266 g/mol. The van der Waals surface area contributed by atoms with Crippen LogP contribution < -0.4 is 0 Å². The molecule has 18 heavy (non-hydrogen) atoms. The molecule has 2 rings (SSSR count). The molecule has 1 amide bonds. The van der Waals surface area contributed by atoms with Crippen molar-refractivity contribution in [1.29, 1.82) is 0 Å². The van der Waals surface area contributed by atoms with E-state index in [0.29, 0.717) is 6.54 Å². The van der Waals surface area contributed by atoms with Gasteiger partial charge in [-0.15, -0.1) is 0 Å². The molecule has 0 saturated carbocycles. The van der Waals surface area contributed by atoms with Crippen LogP contribution in [0.4, 0.5) is 4.79 Å². The Morgan fingerprint density at radius 1 is 1.44 bits per heavy atom. The van der Waals surface area contributed by atoms with Crippen LogP contribution in [0.5, 0.6) is 0 Å². The summed E-state index contributed by atoms with van der Waals surface area (Å²) < 4.78 is 2.12. The molecule has 1 aliphatic heterocycles. The maximum Gasteiger partial charge on any atom is 0.282 e. The molecular formula is C13H18N2O2S. The zero-order valence-electron chi connectivity index (χ0n) is 11.0. The SMILES string of the molecule is CCn1c(C)cc(C(=O)CN2CCSC2=O)c1C. The topological polar surface area (TPSA) is 42.3 Å². The molecule has 98 valence electrons. The van der Waals surface area contributed by atoms with E-state index >= 15 is 0 Å². The Morgan fingerprint density at radius 2 is 2.17 bits per heavy atom. The highest BCUT2D eigenvalue weighted by atomic mass is 32.2. The van der Waals surface area contributed by atoms with Crippen LogP contribution in [-0.2, 0) is 6.54 Å². The molecule has 4 nitrogen and oxygen atoms in total. The maximum absolute atomic E-state index is 12.2. The molecule has 1 aromatic rings. The zero-order valence-corrected chi connectivity index (χ0v) is 11.8. The number of rotatable bonds is 4. The molecule has 0 aliphatic carbocycles. The van der Waals surface area contributed by atoms with Crippen LogP contribution in [-0.4, -0.2) is 39.3 Å². The van der Waals surface area contributed by atoms with E-state index in [1.807, 2.05) is 19.9 Å². The second kappa shape index (κ2) is 5.18. The van der Waals surface area contributed by atoms with Crippen molar-refractivity contribution < 1.29 is 9.59 Å². The van der Waals surface area contributed by atoms with Crippen LogP contribution in [0.1, 0.15) is 28.7 Å². The van der Waals surface area contributed by atoms with Crippen molar-refractivity contribution in [1.82, 2.24) is 9.47 Å². The summed E-state index contributed by atoms with van der Waals surface area (Å²) >= 11 is 1.29. The number of hydrogen-bond acceptors (Lipinski definition) is 3. The summed E-state index contributed by atoms with van der Waals surface area (Å²) in [6.45, 7) is 7.79. The fourth-order valence-electron chi connectivity index (χ4n) is 2.40. The van der Waals surface area contributed by atoms with Crippen LogP contribution in [0.15, 0.2) is 6.07 Å². The monoisotopic (exact) mass is 266 g/mol. The number of Topliss-reactive ketones (excluding diaryl/α,β-unsaturated/α-hetero) is 1. The summed E-state index contributed by atoms with van der Waals surface area (Å²) in [4.78, 5) is 25.3. The predicted molar refractivity (Wildman–Crippen MR) is 73.3 cm³/mol. The average Bonchev–Trinajstić information content (AvgIpc) is 2.84. The molecular weight excluding hydrogens is 248 g/mol. The Morgan fingerprint density at radius 3 is 2.67 bits per heavy atom. The molecule has 5 heteroatoms. The Bertz CT molecular complexity index is 493. The largest absolute Gasteiger partial charge is 0.349 e. The molecule has 1 fully saturated rings. The maximum atomic E-state index is 12.2. The molecule has 2 heterocycles.